The summed E-state index contributed by atoms with van der Waals surface area (Å²) in [6.07, 6.45) is 0. The van der Waals surface area contributed by atoms with E-state index >= 15 is 0 Å². The van der Waals surface area contributed by atoms with Crippen LogP contribution in [0.25, 0.3) is 0 Å². The molecule has 1 aromatic carbocycles. The minimum Gasteiger partial charge on any atom is -0.493 e. The Hall–Kier alpha value is -3.29. The highest BCUT2D eigenvalue weighted by Crippen LogP contribution is 2.32. The molecule has 10 nitrogen and oxygen atoms in total. The van der Waals surface area contributed by atoms with E-state index in [4.69, 9.17) is 16.7 Å². The average molecular weight is 378 g/mol. The van der Waals surface area contributed by atoms with Gasteiger partial charge in [0.25, 0.3) is 11.2 Å². The van der Waals surface area contributed by atoms with Crippen LogP contribution in [0.1, 0.15) is 11.1 Å². The van der Waals surface area contributed by atoms with Crippen LogP contribution in [0.4, 0.5) is 17.1 Å². The third kappa shape index (κ3) is 3.53. The molecule has 0 unspecified atom stereocenters. The lowest BCUT2D eigenvalue weighted by Gasteiger charge is -2.11. The topological polar surface area (TPSA) is 154 Å². The molecule has 11 heteroatoms. The third-order valence-corrected chi connectivity index (χ3v) is 3.72. The number of pyridine rings is 1. The van der Waals surface area contributed by atoms with Crippen LogP contribution in [-0.4, -0.2) is 26.3 Å². The molecule has 26 heavy (non-hydrogen) atoms. The first-order valence-corrected chi connectivity index (χ1v) is 7.52. The maximum Gasteiger partial charge on any atom is 0.298 e. The Balaban J connectivity index is 2.66. The lowest BCUT2D eigenvalue weighted by atomic mass is 10.1. The summed E-state index contributed by atoms with van der Waals surface area (Å²) in [6.45, 7) is 0.664. The van der Waals surface area contributed by atoms with Crippen molar-refractivity contribution < 1.29 is 15.1 Å². The van der Waals surface area contributed by atoms with E-state index < -0.39 is 28.7 Å². The second kappa shape index (κ2) is 7.73. The summed E-state index contributed by atoms with van der Waals surface area (Å²) >= 11 is 5.72. The van der Waals surface area contributed by atoms with Crippen molar-refractivity contribution in [3.05, 3.63) is 54.8 Å². The van der Waals surface area contributed by atoms with Crippen LogP contribution in [0.5, 0.6) is 5.88 Å². The number of halogens is 1. The Morgan fingerprint density at radius 2 is 2.12 bits per heavy atom. The van der Waals surface area contributed by atoms with Crippen molar-refractivity contribution in [2.45, 2.75) is 13.5 Å². The molecule has 2 rings (SSSR count). The maximum absolute atomic E-state index is 12.4. The van der Waals surface area contributed by atoms with Crippen molar-refractivity contribution in [1.82, 2.24) is 4.57 Å². The molecule has 0 atom stereocenters. The molecule has 0 saturated heterocycles. The summed E-state index contributed by atoms with van der Waals surface area (Å²) in [4.78, 5) is 22.8. The Kier molecular flexibility index (Phi) is 5.66. The number of azo groups is 1. The summed E-state index contributed by atoms with van der Waals surface area (Å²) in [7, 11) is 0. The van der Waals surface area contributed by atoms with Gasteiger partial charge in [0, 0.05) is 16.7 Å². The van der Waals surface area contributed by atoms with E-state index in [1.807, 2.05) is 0 Å². The van der Waals surface area contributed by atoms with Gasteiger partial charge in [0.05, 0.1) is 18.1 Å². The van der Waals surface area contributed by atoms with Gasteiger partial charge in [0.2, 0.25) is 5.88 Å². The van der Waals surface area contributed by atoms with Crippen LogP contribution >= 0.6 is 11.6 Å². The van der Waals surface area contributed by atoms with Gasteiger partial charge >= 0.3 is 0 Å². The molecule has 1 aromatic heterocycles. The van der Waals surface area contributed by atoms with Crippen LogP contribution in [-0.2, 0) is 6.54 Å². The van der Waals surface area contributed by atoms with Gasteiger partial charge in [-0.1, -0.05) is 11.6 Å². The van der Waals surface area contributed by atoms with E-state index in [0.717, 1.165) is 10.6 Å². The molecule has 0 amide bonds. The number of nitrogens with zero attached hydrogens (tertiary/aromatic N) is 5. The molecular weight excluding hydrogens is 366 g/mol. The van der Waals surface area contributed by atoms with Crippen LogP contribution in [0.2, 0.25) is 5.02 Å². The number of aromatic hydroxyl groups is 1. The molecule has 0 radical (unpaired) electrons. The highest BCUT2D eigenvalue weighted by Gasteiger charge is 2.20. The van der Waals surface area contributed by atoms with Gasteiger partial charge in [0.15, 0.2) is 11.4 Å². The lowest BCUT2D eigenvalue weighted by molar-refractivity contribution is -0.384. The number of aromatic nitrogens is 1. The van der Waals surface area contributed by atoms with Crippen LogP contribution in [0.3, 0.4) is 0 Å². The Morgan fingerprint density at radius 3 is 2.69 bits per heavy atom. The largest absolute Gasteiger partial charge is 0.493 e. The van der Waals surface area contributed by atoms with Crippen LogP contribution in [0.15, 0.2) is 33.2 Å². The van der Waals surface area contributed by atoms with Crippen LogP contribution in [0, 0.1) is 28.4 Å². The van der Waals surface area contributed by atoms with Gasteiger partial charge < -0.3 is 10.2 Å². The Bertz CT molecular complexity index is 1010. The molecule has 0 bridgehead atoms. The summed E-state index contributed by atoms with van der Waals surface area (Å²) < 4.78 is 0.774. The number of aliphatic hydroxyl groups is 1. The van der Waals surface area contributed by atoms with Gasteiger partial charge in [-0.25, -0.2) is 0 Å². The fraction of sp³-hybridized carbons (Fsp3) is 0.200. The van der Waals surface area contributed by atoms with Gasteiger partial charge in [-0.05, 0) is 19.1 Å². The molecule has 2 aromatic rings. The number of aliphatic hydroxyl groups excluding tert-OH is 1. The van der Waals surface area contributed by atoms with E-state index in [2.05, 4.69) is 10.2 Å². The van der Waals surface area contributed by atoms with Gasteiger partial charge in [-0.3, -0.25) is 19.5 Å². The maximum atomic E-state index is 12.4. The fourth-order valence-electron chi connectivity index (χ4n) is 2.20. The zero-order valence-corrected chi connectivity index (χ0v) is 14.1. The molecule has 2 N–H and O–H groups in total. The summed E-state index contributed by atoms with van der Waals surface area (Å²) in [5, 5.41) is 46.9. The molecule has 0 saturated carbocycles. The normalized spacial score (nSPS) is 10.8. The Morgan fingerprint density at radius 1 is 1.42 bits per heavy atom. The second-order valence-corrected chi connectivity index (χ2v) is 5.49. The molecule has 0 aliphatic rings. The van der Waals surface area contributed by atoms with E-state index in [0.29, 0.717) is 0 Å². The molecule has 134 valence electrons. The zero-order valence-electron chi connectivity index (χ0n) is 13.4. The standard InChI is InChI=1S/C15H12ClN5O5/c1-8-10(7-17)14(23)20(4-5-22)15(24)13(8)19-18-11-3-2-9(16)6-12(11)21(25)26/h2-3,6,22-23H,4-5H2,1H3. The SMILES string of the molecule is Cc1c(C#N)c(O)n(CCO)c(=O)c1N=Nc1ccc(Cl)cc1[N+](=O)[O-]. The van der Waals surface area contributed by atoms with E-state index in [9.17, 15) is 25.3 Å². The number of hydrogen-bond acceptors (Lipinski definition) is 8. The smallest absolute Gasteiger partial charge is 0.298 e. The van der Waals surface area contributed by atoms with Gasteiger partial charge in [-0.15, -0.1) is 10.2 Å². The van der Waals surface area contributed by atoms with Gasteiger partial charge in [0.1, 0.15) is 11.6 Å². The third-order valence-electron chi connectivity index (χ3n) is 3.48. The number of hydrogen-bond donors (Lipinski definition) is 2. The minimum atomic E-state index is -0.798. The fourth-order valence-corrected chi connectivity index (χ4v) is 2.36. The number of nitriles is 1. The predicted octanol–water partition coefficient (Wildman–Crippen LogP) is 2.70. The number of benzene rings is 1. The van der Waals surface area contributed by atoms with Crippen LogP contribution < -0.4 is 5.56 Å². The molecular formula is C15H12ClN5O5. The molecule has 1 heterocycles. The van der Waals surface area contributed by atoms with Crippen molar-refractivity contribution in [1.29, 1.82) is 5.26 Å². The highest BCUT2D eigenvalue weighted by molar-refractivity contribution is 6.30. The highest BCUT2D eigenvalue weighted by atomic mass is 35.5. The van der Waals surface area contributed by atoms with E-state index in [1.54, 1.807) is 6.07 Å². The van der Waals surface area contributed by atoms with E-state index in [-0.39, 0.29) is 34.1 Å². The Labute approximate surface area is 151 Å². The molecule has 0 aliphatic heterocycles. The van der Waals surface area contributed by atoms with Crippen molar-refractivity contribution in [3.63, 3.8) is 0 Å². The summed E-state index contributed by atoms with van der Waals surface area (Å²) in [5.41, 5.74) is -1.78. The number of rotatable bonds is 5. The predicted molar refractivity (Wildman–Crippen MR) is 91.2 cm³/mol. The quantitative estimate of drug-likeness (QED) is 0.463. The monoisotopic (exact) mass is 377 g/mol. The lowest BCUT2D eigenvalue weighted by Crippen LogP contribution is -2.23. The zero-order chi connectivity index (χ0) is 19.4. The summed E-state index contributed by atoms with van der Waals surface area (Å²) in [5.74, 6) is -0.597. The second-order valence-electron chi connectivity index (χ2n) is 5.05. The molecule has 0 aliphatic carbocycles. The first-order chi connectivity index (χ1) is 12.3. The van der Waals surface area contributed by atoms with Crippen molar-refractivity contribution in [2.24, 2.45) is 10.2 Å². The van der Waals surface area contributed by atoms with Crippen molar-refractivity contribution in [2.75, 3.05) is 6.61 Å². The first-order valence-electron chi connectivity index (χ1n) is 7.14. The minimum absolute atomic E-state index is 0.0598. The van der Waals surface area contributed by atoms with Gasteiger partial charge in [-0.2, -0.15) is 5.26 Å². The number of nitro benzene ring substituents is 1. The number of nitro groups is 1. The van der Waals surface area contributed by atoms with E-state index in [1.165, 1.54) is 19.1 Å². The average Bonchev–Trinajstić information content (AvgIpc) is 2.59. The molecule has 0 spiro atoms. The summed E-state index contributed by atoms with van der Waals surface area (Å²) in [6, 6.07) is 5.47. The first kappa shape index (κ1) is 19.0. The van der Waals surface area contributed by atoms with Crippen molar-refractivity contribution >= 4 is 28.7 Å². The van der Waals surface area contributed by atoms with Crippen molar-refractivity contribution in [3.8, 4) is 11.9 Å². The molecule has 0 fully saturated rings.